The van der Waals surface area contributed by atoms with Gasteiger partial charge in [0.15, 0.2) is 6.29 Å². The van der Waals surface area contributed by atoms with Crippen LogP contribution in [0.3, 0.4) is 0 Å². The van der Waals surface area contributed by atoms with Gasteiger partial charge in [-0.25, -0.2) is 0 Å². The lowest BCUT2D eigenvalue weighted by molar-refractivity contribution is -0.120. The molecule has 1 rings (SSSR count). The van der Waals surface area contributed by atoms with Gasteiger partial charge in [0.25, 0.3) is 0 Å². The van der Waals surface area contributed by atoms with Gasteiger partial charge in [-0.1, -0.05) is 24.3 Å². The highest BCUT2D eigenvalue weighted by molar-refractivity contribution is 5.28. The van der Waals surface area contributed by atoms with E-state index in [1.165, 1.54) is 11.1 Å². The van der Waals surface area contributed by atoms with Gasteiger partial charge in [0.05, 0.1) is 6.04 Å². The average Bonchev–Trinajstić information content (AvgIpc) is 2.31. The molecule has 1 aromatic rings. The number of hydrogen-bond donors (Lipinski definition) is 1. The Balaban J connectivity index is 2.66. The second-order valence-corrected chi connectivity index (χ2v) is 4.37. The molecule has 0 heterocycles. The highest BCUT2D eigenvalue weighted by Crippen LogP contribution is 2.18. The van der Waals surface area contributed by atoms with Gasteiger partial charge in [-0.3, -0.25) is 0 Å². The highest BCUT2D eigenvalue weighted by atomic mass is 16.7. The summed E-state index contributed by atoms with van der Waals surface area (Å²) in [7, 11) is 3.32. The molecule has 3 heteroatoms. The molecule has 0 spiro atoms. The Morgan fingerprint density at radius 3 is 2.18 bits per heavy atom. The Morgan fingerprint density at radius 2 is 1.65 bits per heavy atom. The minimum absolute atomic E-state index is 0.139. The lowest BCUT2D eigenvalue weighted by Crippen LogP contribution is -2.41. The fraction of sp³-hybridized carbons (Fsp3) is 0.571. The molecule has 0 radical (unpaired) electrons. The van der Waals surface area contributed by atoms with Crippen LogP contribution >= 0.6 is 0 Å². The van der Waals surface area contributed by atoms with Gasteiger partial charge in [-0.15, -0.1) is 0 Å². The van der Waals surface area contributed by atoms with Crippen molar-refractivity contribution in [2.24, 2.45) is 0 Å². The summed E-state index contributed by atoms with van der Waals surface area (Å²) >= 11 is 0. The van der Waals surface area contributed by atoms with Crippen LogP contribution in [0, 0.1) is 6.92 Å². The summed E-state index contributed by atoms with van der Waals surface area (Å²) in [6, 6.07) is 8.81. The van der Waals surface area contributed by atoms with Crippen molar-refractivity contribution >= 4 is 0 Å². The standard InChI is InChI=1S/C14H23NO2/c1-10-8-6-7-9-13(10)11(2)15-12(3)14(16-4)17-5/h6-9,11-12,14-15H,1-5H3/t11-,12?/m1/s1. The minimum atomic E-state index is -0.221. The molecule has 0 aliphatic rings. The molecule has 0 aliphatic heterocycles. The number of ether oxygens (including phenoxy) is 2. The van der Waals surface area contributed by atoms with Crippen LogP contribution in [0.1, 0.15) is 31.0 Å². The van der Waals surface area contributed by atoms with E-state index in [1.54, 1.807) is 14.2 Å². The number of hydrogen-bond acceptors (Lipinski definition) is 3. The zero-order valence-corrected chi connectivity index (χ0v) is 11.4. The molecule has 1 unspecified atom stereocenters. The number of rotatable bonds is 6. The van der Waals surface area contributed by atoms with E-state index in [2.05, 4.69) is 50.4 Å². The second kappa shape index (κ2) is 6.74. The minimum Gasteiger partial charge on any atom is -0.354 e. The molecule has 3 nitrogen and oxygen atoms in total. The summed E-state index contributed by atoms with van der Waals surface area (Å²) in [5.74, 6) is 0. The van der Waals surface area contributed by atoms with Crippen molar-refractivity contribution < 1.29 is 9.47 Å². The second-order valence-electron chi connectivity index (χ2n) is 4.37. The number of nitrogens with one attached hydrogen (secondary N) is 1. The third kappa shape index (κ3) is 3.80. The number of aryl methyl sites for hydroxylation is 1. The molecule has 17 heavy (non-hydrogen) atoms. The maximum absolute atomic E-state index is 5.24. The smallest absolute Gasteiger partial charge is 0.171 e. The van der Waals surface area contributed by atoms with Crippen LogP contribution in [-0.4, -0.2) is 26.6 Å². The van der Waals surface area contributed by atoms with E-state index in [0.29, 0.717) is 0 Å². The zero-order chi connectivity index (χ0) is 12.8. The van der Waals surface area contributed by atoms with E-state index in [4.69, 9.17) is 9.47 Å². The normalized spacial score (nSPS) is 14.9. The van der Waals surface area contributed by atoms with E-state index < -0.39 is 0 Å². The van der Waals surface area contributed by atoms with Crippen molar-refractivity contribution in [3.63, 3.8) is 0 Å². The summed E-state index contributed by atoms with van der Waals surface area (Å²) < 4.78 is 10.5. The first-order valence-electron chi connectivity index (χ1n) is 5.97. The third-order valence-corrected chi connectivity index (χ3v) is 3.04. The van der Waals surface area contributed by atoms with Gasteiger partial charge in [0, 0.05) is 20.3 Å². The molecule has 0 saturated carbocycles. The molecule has 0 aliphatic carbocycles. The van der Waals surface area contributed by atoms with Crippen LogP contribution in [0.5, 0.6) is 0 Å². The van der Waals surface area contributed by atoms with Crippen LogP contribution in [0.4, 0.5) is 0 Å². The predicted molar refractivity (Wildman–Crippen MR) is 70.0 cm³/mol. The lowest BCUT2D eigenvalue weighted by Gasteiger charge is -2.26. The summed E-state index contributed by atoms with van der Waals surface area (Å²) in [6.07, 6.45) is -0.221. The van der Waals surface area contributed by atoms with Crippen LogP contribution < -0.4 is 5.32 Å². The highest BCUT2D eigenvalue weighted by Gasteiger charge is 2.18. The van der Waals surface area contributed by atoms with E-state index in [9.17, 15) is 0 Å². The van der Waals surface area contributed by atoms with E-state index >= 15 is 0 Å². The predicted octanol–water partition coefficient (Wildman–Crippen LogP) is 2.65. The van der Waals surface area contributed by atoms with E-state index in [1.807, 2.05) is 0 Å². The Hall–Kier alpha value is -0.900. The molecule has 1 N–H and O–H groups in total. The number of methoxy groups -OCH3 is 2. The SMILES string of the molecule is COC(OC)C(C)N[C@H](C)c1ccccc1C. The summed E-state index contributed by atoms with van der Waals surface area (Å²) in [5.41, 5.74) is 2.61. The Labute approximate surface area is 104 Å². The zero-order valence-electron chi connectivity index (χ0n) is 11.4. The first kappa shape index (κ1) is 14.2. The molecule has 0 fully saturated rings. The molecule has 0 aromatic heterocycles. The van der Waals surface area contributed by atoms with Crippen LogP contribution in [0.15, 0.2) is 24.3 Å². The van der Waals surface area contributed by atoms with Gasteiger partial charge < -0.3 is 14.8 Å². The van der Waals surface area contributed by atoms with Crippen molar-refractivity contribution in [2.45, 2.75) is 39.1 Å². The van der Waals surface area contributed by atoms with Crippen molar-refractivity contribution in [1.29, 1.82) is 0 Å². The van der Waals surface area contributed by atoms with E-state index in [-0.39, 0.29) is 18.4 Å². The van der Waals surface area contributed by atoms with Crippen LogP contribution in [0.2, 0.25) is 0 Å². The lowest BCUT2D eigenvalue weighted by atomic mass is 10.0. The summed E-state index contributed by atoms with van der Waals surface area (Å²) in [4.78, 5) is 0. The first-order chi connectivity index (χ1) is 8.10. The monoisotopic (exact) mass is 237 g/mol. The Kier molecular flexibility index (Phi) is 5.62. The van der Waals surface area contributed by atoms with Crippen LogP contribution in [0.25, 0.3) is 0 Å². The number of benzene rings is 1. The first-order valence-corrected chi connectivity index (χ1v) is 5.97. The summed E-state index contributed by atoms with van der Waals surface area (Å²) in [6.45, 7) is 6.34. The Bertz CT molecular complexity index is 337. The maximum Gasteiger partial charge on any atom is 0.171 e. The quantitative estimate of drug-likeness (QED) is 0.772. The molecule has 96 valence electrons. The van der Waals surface area contributed by atoms with Crippen molar-refractivity contribution in [2.75, 3.05) is 14.2 Å². The van der Waals surface area contributed by atoms with Crippen molar-refractivity contribution in [3.05, 3.63) is 35.4 Å². The average molecular weight is 237 g/mol. The van der Waals surface area contributed by atoms with Gasteiger partial charge in [-0.05, 0) is 31.9 Å². The molecule has 0 amide bonds. The van der Waals surface area contributed by atoms with Crippen LogP contribution in [-0.2, 0) is 9.47 Å². The molecule has 0 saturated heterocycles. The molecule has 2 atom stereocenters. The van der Waals surface area contributed by atoms with Crippen molar-refractivity contribution in [1.82, 2.24) is 5.32 Å². The van der Waals surface area contributed by atoms with E-state index in [0.717, 1.165) is 0 Å². The van der Waals surface area contributed by atoms with Gasteiger partial charge >= 0.3 is 0 Å². The fourth-order valence-corrected chi connectivity index (χ4v) is 2.14. The largest absolute Gasteiger partial charge is 0.354 e. The summed E-state index contributed by atoms with van der Waals surface area (Å²) in [5, 5.41) is 3.49. The van der Waals surface area contributed by atoms with Gasteiger partial charge in [0.1, 0.15) is 0 Å². The van der Waals surface area contributed by atoms with Crippen molar-refractivity contribution in [3.8, 4) is 0 Å². The van der Waals surface area contributed by atoms with Gasteiger partial charge in [-0.2, -0.15) is 0 Å². The Morgan fingerprint density at radius 1 is 1.06 bits per heavy atom. The fourth-order valence-electron chi connectivity index (χ4n) is 2.14. The molecule has 0 bridgehead atoms. The maximum atomic E-state index is 5.24. The van der Waals surface area contributed by atoms with Gasteiger partial charge in [0.2, 0.25) is 0 Å². The molecular weight excluding hydrogens is 214 g/mol. The molecule has 1 aromatic carbocycles. The third-order valence-electron chi connectivity index (χ3n) is 3.04. The topological polar surface area (TPSA) is 30.5 Å². The molecular formula is C14H23NO2.